The van der Waals surface area contributed by atoms with Crippen molar-refractivity contribution in [2.45, 2.75) is 25.7 Å². The zero-order chi connectivity index (χ0) is 19.3. The van der Waals surface area contributed by atoms with Gasteiger partial charge in [0.25, 0.3) is 0 Å². The number of aryl methyl sites for hydroxylation is 3. The van der Waals surface area contributed by atoms with Gasteiger partial charge in [0.1, 0.15) is 5.75 Å². The summed E-state index contributed by atoms with van der Waals surface area (Å²) in [4.78, 5) is 24.0. The first kappa shape index (κ1) is 19.7. The zero-order valence-corrected chi connectivity index (χ0v) is 15.8. The van der Waals surface area contributed by atoms with Gasteiger partial charge in [-0.15, -0.1) is 0 Å². The van der Waals surface area contributed by atoms with E-state index in [1.54, 1.807) is 18.2 Å². The molecule has 0 fully saturated rings. The van der Waals surface area contributed by atoms with E-state index in [1.165, 1.54) is 12.1 Å². The van der Waals surface area contributed by atoms with Crippen LogP contribution < -0.4 is 10.6 Å². The van der Waals surface area contributed by atoms with Gasteiger partial charge in [0, 0.05) is 5.69 Å². The average Bonchev–Trinajstić information content (AvgIpc) is 2.56. The number of hydrogen-bond acceptors (Lipinski definition) is 4. The third-order valence-electron chi connectivity index (χ3n) is 3.81. The summed E-state index contributed by atoms with van der Waals surface area (Å²) in [5, 5.41) is 5.10. The second-order valence-corrected chi connectivity index (χ2v) is 8.16. The van der Waals surface area contributed by atoms with Crippen LogP contribution in [0.25, 0.3) is 0 Å². The quantitative estimate of drug-likeness (QED) is 0.810. The molecule has 7 heteroatoms. The van der Waals surface area contributed by atoms with Gasteiger partial charge in [0.05, 0.1) is 11.4 Å². The SMILES string of the molecule is Cc1cc(C)c(NC(=O)CNC(=O)CS(=O)(=O)c2ccccc2)c(C)c1. The molecule has 2 aromatic rings. The van der Waals surface area contributed by atoms with E-state index >= 15 is 0 Å². The molecule has 6 nitrogen and oxygen atoms in total. The van der Waals surface area contributed by atoms with E-state index in [9.17, 15) is 18.0 Å². The van der Waals surface area contributed by atoms with Crippen LogP contribution >= 0.6 is 0 Å². The van der Waals surface area contributed by atoms with Crippen molar-refractivity contribution < 1.29 is 18.0 Å². The number of anilines is 1. The van der Waals surface area contributed by atoms with Crippen molar-refractivity contribution in [2.24, 2.45) is 0 Å². The molecular weight excluding hydrogens is 352 g/mol. The molecule has 2 aromatic carbocycles. The van der Waals surface area contributed by atoms with Crippen LogP contribution in [0.4, 0.5) is 5.69 Å². The first-order valence-corrected chi connectivity index (χ1v) is 9.76. The second-order valence-electron chi connectivity index (χ2n) is 6.17. The lowest BCUT2D eigenvalue weighted by Gasteiger charge is -2.13. The van der Waals surface area contributed by atoms with Crippen LogP contribution in [0.5, 0.6) is 0 Å². The molecule has 0 spiro atoms. The molecule has 0 atom stereocenters. The van der Waals surface area contributed by atoms with Crippen LogP contribution in [0.3, 0.4) is 0 Å². The summed E-state index contributed by atoms with van der Waals surface area (Å²) in [5.74, 6) is -1.83. The fourth-order valence-electron chi connectivity index (χ4n) is 2.67. The highest BCUT2D eigenvalue weighted by atomic mass is 32.2. The van der Waals surface area contributed by atoms with Gasteiger partial charge in [0.15, 0.2) is 9.84 Å². The van der Waals surface area contributed by atoms with Crippen molar-refractivity contribution >= 4 is 27.3 Å². The number of carbonyl (C=O) groups excluding carboxylic acids is 2. The van der Waals surface area contributed by atoms with E-state index in [4.69, 9.17) is 0 Å². The monoisotopic (exact) mass is 374 g/mol. The molecule has 0 aliphatic carbocycles. The van der Waals surface area contributed by atoms with Crippen molar-refractivity contribution in [1.29, 1.82) is 0 Å². The summed E-state index contributed by atoms with van der Waals surface area (Å²) in [6.07, 6.45) is 0. The molecule has 0 aromatic heterocycles. The van der Waals surface area contributed by atoms with Crippen molar-refractivity contribution in [2.75, 3.05) is 17.6 Å². The lowest BCUT2D eigenvalue weighted by molar-refractivity contribution is -0.122. The van der Waals surface area contributed by atoms with Crippen molar-refractivity contribution in [3.63, 3.8) is 0 Å². The van der Waals surface area contributed by atoms with Crippen molar-refractivity contribution in [1.82, 2.24) is 5.32 Å². The minimum atomic E-state index is -3.73. The number of hydrogen-bond donors (Lipinski definition) is 2. The molecule has 138 valence electrons. The molecule has 26 heavy (non-hydrogen) atoms. The molecule has 2 amide bonds. The molecule has 2 rings (SSSR count). The van der Waals surface area contributed by atoms with E-state index in [2.05, 4.69) is 10.6 Å². The van der Waals surface area contributed by atoms with Gasteiger partial charge in [-0.1, -0.05) is 35.9 Å². The molecule has 0 saturated heterocycles. The molecular formula is C19H22N2O4S. The van der Waals surface area contributed by atoms with Crippen LogP contribution in [0, 0.1) is 20.8 Å². The minimum absolute atomic E-state index is 0.0745. The number of amides is 2. The number of carbonyl (C=O) groups is 2. The van der Waals surface area contributed by atoms with E-state index in [0.29, 0.717) is 5.69 Å². The first-order chi connectivity index (χ1) is 12.2. The third-order valence-corrected chi connectivity index (χ3v) is 5.44. The maximum atomic E-state index is 12.1. The predicted molar refractivity (Wildman–Crippen MR) is 101 cm³/mol. The Morgan fingerprint density at radius 2 is 1.50 bits per heavy atom. The van der Waals surface area contributed by atoms with Crippen LogP contribution in [-0.2, 0) is 19.4 Å². The molecule has 0 unspecified atom stereocenters. The summed E-state index contributed by atoms with van der Waals surface area (Å²) in [6, 6.07) is 11.6. The molecule has 0 bridgehead atoms. The van der Waals surface area contributed by atoms with E-state index < -0.39 is 27.4 Å². The summed E-state index contributed by atoms with van der Waals surface area (Å²) in [5.41, 5.74) is 3.65. The predicted octanol–water partition coefficient (Wildman–Crippen LogP) is 2.14. The van der Waals surface area contributed by atoms with Crippen molar-refractivity contribution in [3.8, 4) is 0 Å². The van der Waals surface area contributed by atoms with Gasteiger partial charge in [-0.3, -0.25) is 9.59 Å². The van der Waals surface area contributed by atoms with Gasteiger partial charge in [-0.05, 0) is 44.0 Å². The Hall–Kier alpha value is -2.67. The highest BCUT2D eigenvalue weighted by Crippen LogP contribution is 2.21. The zero-order valence-electron chi connectivity index (χ0n) is 15.0. The fraction of sp³-hybridized carbons (Fsp3) is 0.263. The van der Waals surface area contributed by atoms with E-state index in [1.807, 2.05) is 32.9 Å². The Balaban J connectivity index is 1.93. The molecule has 0 aliphatic heterocycles. The van der Waals surface area contributed by atoms with Crippen LogP contribution in [0.15, 0.2) is 47.4 Å². The lowest BCUT2D eigenvalue weighted by atomic mass is 10.1. The van der Waals surface area contributed by atoms with Crippen LogP contribution in [-0.4, -0.2) is 32.5 Å². The first-order valence-electron chi connectivity index (χ1n) is 8.11. The standard InChI is InChI=1S/C19H22N2O4S/c1-13-9-14(2)19(15(3)10-13)21-17(22)11-20-18(23)12-26(24,25)16-7-5-4-6-8-16/h4-10H,11-12H2,1-3H3,(H,20,23)(H,21,22). The summed E-state index contributed by atoms with van der Waals surface area (Å²) in [6.45, 7) is 5.45. The number of benzene rings is 2. The number of nitrogens with one attached hydrogen (secondary N) is 2. The smallest absolute Gasteiger partial charge is 0.243 e. The number of rotatable bonds is 6. The van der Waals surface area contributed by atoms with Crippen LogP contribution in [0.1, 0.15) is 16.7 Å². The van der Waals surface area contributed by atoms with Gasteiger partial charge >= 0.3 is 0 Å². The molecule has 0 radical (unpaired) electrons. The summed E-state index contributed by atoms with van der Waals surface area (Å²) < 4.78 is 24.3. The Morgan fingerprint density at radius 3 is 2.08 bits per heavy atom. The molecule has 0 aliphatic rings. The Bertz CT molecular complexity index is 899. The number of sulfone groups is 1. The summed E-state index contributed by atoms with van der Waals surface area (Å²) in [7, 11) is -3.73. The Kier molecular flexibility index (Phi) is 6.15. The topological polar surface area (TPSA) is 92.3 Å². The maximum absolute atomic E-state index is 12.1. The Morgan fingerprint density at radius 1 is 0.923 bits per heavy atom. The minimum Gasteiger partial charge on any atom is -0.346 e. The highest BCUT2D eigenvalue weighted by Gasteiger charge is 2.19. The Labute approximate surface area is 153 Å². The molecule has 0 heterocycles. The molecule has 0 saturated carbocycles. The largest absolute Gasteiger partial charge is 0.346 e. The normalized spacial score (nSPS) is 11.0. The van der Waals surface area contributed by atoms with Gasteiger partial charge in [-0.2, -0.15) is 0 Å². The fourth-order valence-corrected chi connectivity index (χ4v) is 3.86. The van der Waals surface area contributed by atoms with Crippen molar-refractivity contribution in [3.05, 3.63) is 59.2 Å². The van der Waals surface area contributed by atoms with Gasteiger partial charge in [-0.25, -0.2) is 8.42 Å². The van der Waals surface area contributed by atoms with Gasteiger partial charge in [0.2, 0.25) is 11.8 Å². The third kappa shape index (κ3) is 5.16. The average molecular weight is 374 g/mol. The van der Waals surface area contributed by atoms with Gasteiger partial charge < -0.3 is 10.6 Å². The lowest BCUT2D eigenvalue weighted by Crippen LogP contribution is -2.36. The summed E-state index contributed by atoms with van der Waals surface area (Å²) >= 11 is 0. The van der Waals surface area contributed by atoms with E-state index in [-0.39, 0.29) is 11.4 Å². The molecule has 2 N–H and O–H groups in total. The second kappa shape index (κ2) is 8.14. The highest BCUT2D eigenvalue weighted by molar-refractivity contribution is 7.92. The maximum Gasteiger partial charge on any atom is 0.243 e. The van der Waals surface area contributed by atoms with E-state index in [0.717, 1.165) is 16.7 Å². The van der Waals surface area contributed by atoms with Crippen LogP contribution in [0.2, 0.25) is 0 Å².